The molecule has 0 bridgehead atoms. The minimum Gasteiger partial charge on any atom is -0.497 e. The first-order valence-corrected chi connectivity index (χ1v) is 10.3. The number of carboxylic acids is 1. The molecule has 3 aromatic rings. The van der Waals surface area contributed by atoms with Crippen molar-refractivity contribution in [3.05, 3.63) is 77.5 Å². The summed E-state index contributed by atoms with van der Waals surface area (Å²) in [4.78, 5) is 15.8. The molecule has 0 spiro atoms. The highest BCUT2D eigenvalue weighted by Crippen LogP contribution is 2.31. The van der Waals surface area contributed by atoms with Crippen LogP contribution in [0.15, 0.2) is 60.7 Å². The molecule has 31 heavy (non-hydrogen) atoms. The third-order valence-electron chi connectivity index (χ3n) is 4.97. The van der Waals surface area contributed by atoms with Crippen molar-refractivity contribution in [2.45, 2.75) is 32.3 Å². The normalized spacial score (nSPS) is 10.6. The van der Waals surface area contributed by atoms with E-state index >= 15 is 0 Å². The average Bonchev–Trinajstić information content (AvgIpc) is 2.79. The van der Waals surface area contributed by atoms with Crippen LogP contribution in [0.3, 0.4) is 0 Å². The number of aliphatic hydroxyl groups excluding tert-OH is 1. The first-order chi connectivity index (χ1) is 15.1. The van der Waals surface area contributed by atoms with E-state index in [9.17, 15) is 15.0 Å². The van der Waals surface area contributed by atoms with Crippen molar-refractivity contribution in [1.29, 1.82) is 0 Å². The number of hydrogen-bond donors (Lipinski definition) is 2. The zero-order chi connectivity index (χ0) is 22.1. The second-order valence-electron chi connectivity index (χ2n) is 7.19. The van der Waals surface area contributed by atoms with Gasteiger partial charge in [0.1, 0.15) is 17.2 Å². The summed E-state index contributed by atoms with van der Waals surface area (Å²) < 4.78 is 11.2. The topological polar surface area (TPSA) is 88.9 Å². The molecule has 0 fully saturated rings. The van der Waals surface area contributed by atoms with Crippen molar-refractivity contribution in [1.82, 2.24) is 4.98 Å². The highest BCUT2D eigenvalue weighted by molar-refractivity contribution is 5.77. The van der Waals surface area contributed by atoms with Gasteiger partial charge in [0.05, 0.1) is 32.4 Å². The number of carbonyl (C=O) groups is 1. The summed E-state index contributed by atoms with van der Waals surface area (Å²) in [7, 11) is 1.66. The van der Waals surface area contributed by atoms with E-state index in [0.29, 0.717) is 34.9 Å². The smallest absolute Gasteiger partial charge is 0.307 e. The zero-order valence-electron chi connectivity index (χ0n) is 17.6. The molecule has 0 atom stereocenters. The van der Waals surface area contributed by atoms with Crippen molar-refractivity contribution >= 4 is 5.97 Å². The molecule has 1 aromatic heterocycles. The Bertz CT molecular complexity index is 1000. The predicted molar refractivity (Wildman–Crippen MR) is 118 cm³/mol. The lowest BCUT2D eigenvalue weighted by Gasteiger charge is -2.14. The highest BCUT2D eigenvalue weighted by atomic mass is 16.5. The Morgan fingerprint density at radius 3 is 2.48 bits per heavy atom. The fourth-order valence-electron chi connectivity index (χ4n) is 3.36. The van der Waals surface area contributed by atoms with Gasteiger partial charge < -0.3 is 19.7 Å². The molecule has 2 aromatic carbocycles. The van der Waals surface area contributed by atoms with E-state index in [1.165, 1.54) is 5.56 Å². The molecular formula is C25H27NO5. The molecule has 2 N–H and O–H groups in total. The molecule has 0 saturated carbocycles. The van der Waals surface area contributed by atoms with Crippen LogP contribution in [0.1, 0.15) is 29.7 Å². The quantitative estimate of drug-likeness (QED) is 0.449. The number of methoxy groups -OCH3 is 1. The van der Waals surface area contributed by atoms with Gasteiger partial charge in [-0.15, -0.1) is 0 Å². The van der Waals surface area contributed by atoms with Gasteiger partial charge in [-0.1, -0.05) is 36.4 Å². The van der Waals surface area contributed by atoms with Gasteiger partial charge in [-0.2, -0.15) is 0 Å². The van der Waals surface area contributed by atoms with Crippen LogP contribution in [0, 0.1) is 0 Å². The molecule has 0 unspecified atom stereocenters. The van der Waals surface area contributed by atoms with Crippen molar-refractivity contribution in [2.75, 3.05) is 13.7 Å². The molecule has 0 aliphatic rings. The number of unbranched alkanes of at least 4 members (excludes halogenated alkanes) is 1. The third kappa shape index (κ3) is 6.30. The monoisotopic (exact) mass is 421 g/mol. The van der Waals surface area contributed by atoms with E-state index in [2.05, 4.69) is 17.1 Å². The minimum atomic E-state index is -0.910. The molecule has 0 aliphatic heterocycles. The zero-order valence-corrected chi connectivity index (χ0v) is 17.6. The SMILES string of the molecule is COc1ccc(CCCCOc2ccc(CO)nc2-c2ccccc2CC(=O)O)cc1. The van der Waals surface area contributed by atoms with Crippen LogP contribution in [0.25, 0.3) is 11.3 Å². The van der Waals surface area contributed by atoms with Crippen molar-refractivity contribution in [3.63, 3.8) is 0 Å². The summed E-state index contributed by atoms with van der Waals surface area (Å²) in [6.45, 7) is 0.320. The molecule has 6 nitrogen and oxygen atoms in total. The Morgan fingerprint density at radius 1 is 1.00 bits per heavy atom. The lowest BCUT2D eigenvalue weighted by Crippen LogP contribution is -2.05. The molecule has 6 heteroatoms. The molecule has 3 rings (SSSR count). The Labute approximate surface area is 182 Å². The molecule has 162 valence electrons. The second-order valence-corrected chi connectivity index (χ2v) is 7.19. The number of pyridine rings is 1. The summed E-state index contributed by atoms with van der Waals surface area (Å²) in [6, 6.07) is 18.8. The number of carboxylic acid groups (broad SMARTS) is 1. The van der Waals surface area contributed by atoms with Crippen LogP contribution in [-0.4, -0.2) is 34.9 Å². The van der Waals surface area contributed by atoms with Crippen molar-refractivity contribution in [3.8, 4) is 22.8 Å². The molecule has 0 saturated heterocycles. The summed E-state index contributed by atoms with van der Waals surface area (Å²) in [6.07, 6.45) is 2.68. The summed E-state index contributed by atoms with van der Waals surface area (Å²) in [5, 5.41) is 18.7. The van der Waals surface area contributed by atoms with Gasteiger partial charge in [0.15, 0.2) is 0 Å². The number of aryl methyl sites for hydroxylation is 1. The fourth-order valence-corrected chi connectivity index (χ4v) is 3.36. The third-order valence-corrected chi connectivity index (χ3v) is 4.97. The maximum absolute atomic E-state index is 11.3. The number of ether oxygens (including phenoxy) is 2. The summed E-state index contributed by atoms with van der Waals surface area (Å²) >= 11 is 0. The Kier molecular flexibility index (Phi) is 8.01. The van der Waals surface area contributed by atoms with Gasteiger partial charge in [0.25, 0.3) is 0 Å². The first kappa shape index (κ1) is 22.3. The first-order valence-electron chi connectivity index (χ1n) is 10.3. The highest BCUT2D eigenvalue weighted by Gasteiger charge is 2.15. The fraction of sp³-hybridized carbons (Fsp3) is 0.280. The molecule has 1 heterocycles. The van der Waals surface area contributed by atoms with E-state index in [4.69, 9.17) is 9.47 Å². The van der Waals surface area contributed by atoms with Crippen LogP contribution in [0.4, 0.5) is 0 Å². The van der Waals surface area contributed by atoms with Gasteiger partial charge >= 0.3 is 5.97 Å². The van der Waals surface area contributed by atoms with E-state index in [1.807, 2.05) is 24.3 Å². The lowest BCUT2D eigenvalue weighted by atomic mass is 10.0. The van der Waals surface area contributed by atoms with Gasteiger partial charge in [-0.3, -0.25) is 4.79 Å². The number of aliphatic hydroxyl groups is 1. The number of nitrogens with zero attached hydrogens (tertiary/aromatic N) is 1. The standard InChI is InChI=1S/C25H27NO5/c1-30-21-12-9-18(10-13-21)6-4-5-15-31-23-14-11-20(17-27)26-25(23)22-8-3-2-7-19(22)16-24(28)29/h2-3,7-14,27H,4-6,15-17H2,1H3,(H,28,29). The van der Waals surface area contributed by atoms with Crippen molar-refractivity contribution < 1.29 is 24.5 Å². The van der Waals surface area contributed by atoms with E-state index in [1.54, 1.807) is 31.4 Å². The largest absolute Gasteiger partial charge is 0.497 e. The summed E-state index contributed by atoms with van der Waals surface area (Å²) in [5.74, 6) is 0.521. The van der Waals surface area contributed by atoms with Gasteiger partial charge in [-0.25, -0.2) is 4.98 Å². The average molecular weight is 421 g/mol. The lowest BCUT2D eigenvalue weighted by molar-refractivity contribution is -0.136. The van der Waals surface area contributed by atoms with Gasteiger partial charge in [-0.05, 0) is 54.7 Å². The number of benzene rings is 2. The van der Waals surface area contributed by atoms with Crippen LogP contribution in [0.5, 0.6) is 11.5 Å². The molecule has 0 aliphatic carbocycles. The van der Waals surface area contributed by atoms with Gasteiger partial charge in [0.2, 0.25) is 0 Å². The van der Waals surface area contributed by atoms with Crippen LogP contribution in [-0.2, 0) is 24.2 Å². The molecular weight excluding hydrogens is 394 g/mol. The van der Waals surface area contributed by atoms with Crippen LogP contribution < -0.4 is 9.47 Å². The van der Waals surface area contributed by atoms with Crippen molar-refractivity contribution in [2.24, 2.45) is 0 Å². The number of hydrogen-bond acceptors (Lipinski definition) is 5. The maximum Gasteiger partial charge on any atom is 0.307 e. The van der Waals surface area contributed by atoms with E-state index in [-0.39, 0.29) is 13.0 Å². The Morgan fingerprint density at radius 2 is 1.77 bits per heavy atom. The number of aliphatic carboxylic acids is 1. The summed E-state index contributed by atoms with van der Waals surface area (Å²) in [5.41, 5.74) is 3.67. The minimum absolute atomic E-state index is 0.109. The number of aromatic nitrogens is 1. The van der Waals surface area contributed by atoms with Crippen LogP contribution in [0.2, 0.25) is 0 Å². The van der Waals surface area contributed by atoms with E-state index in [0.717, 1.165) is 25.0 Å². The van der Waals surface area contributed by atoms with Gasteiger partial charge in [0, 0.05) is 5.56 Å². The Balaban J connectivity index is 1.67. The number of rotatable bonds is 11. The molecule has 0 amide bonds. The second kappa shape index (κ2) is 11.1. The van der Waals surface area contributed by atoms with E-state index < -0.39 is 5.97 Å². The van der Waals surface area contributed by atoms with Crippen LogP contribution >= 0.6 is 0 Å². The molecule has 0 radical (unpaired) electrons. The maximum atomic E-state index is 11.3. The Hall–Kier alpha value is -3.38. The predicted octanol–water partition coefficient (Wildman–Crippen LogP) is 4.28.